The fraction of sp³-hybridized carbons (Fsp3) is 0.600. The Bertz CT molecular complexity index is 495. The third-order valence-electron chi connectivity index (χ3n) is 3.86. The first kappa shape index (κ1) is 21.2. The maximum absolute atomic E-state index is 12.0. The summed E-state index contributed by atoms with van der Waals surface area (Å²) in [6, 6.07) is 6.30. The molecule has 0 fully saturated rings. The number of carbonyl (C=O) groups is 2. The number of esters is 2. The molecule has 5 heteroatoms. The van der Waals surface area contributed by atoms with E-state index < -0.39 is 5.97 Å². The molecule has 0 aliphatic carbocycles. The lowest BCUT2D eigenvalue weighted by molar-refractivity contribution is 0.0386. The number of rotatable bonds is 13. The maximum atomic E-state index is 12.0. The molecule has 1 aromatic rings. The van der Waals surface area contributed by atoms with E-state index in [2.05, 4.69) is 6.92 Å². The van der Waals surface area contributed by atoms with Crippen LogP contribution in [0.15, 0.2) is 24.3 Å². The number of benzene rings is 1. The molecule has 0 radical (unpaired) electrons. The van der Waals surface area contributed by atoms with Crippen LogP contribution >= 0.6 is 0 Å². The Morgan fingerprint density at radius 2 is 1.20 bits per heavy atom. The van der Waals surface area contributed by atoms with Crippen molar-refractivity contribution in [3.63, 3.8) is 0 Å². The zero-order chi connectivity index (χ0) is 18.3. The molecule has 0 aliphatic rings. The lowest BCUT2D eigenvalue weighted by Gasteiger charge is -2.06. The summed E-state index contributed by atoms with van der Waals surface area (Å²) in [7, 11) is 1.54. The van der Waals surface area contributed by atoms with E-state index in [0.717, 1.165) is 12.8 Å². The topological polar surface area (TPSA) is 61.8 Å². The fourth-order valence-corrected chi connectivity index (χ4v) is 2.35. The molecule has 1 rings (SSSR count). The SMILES string of the molecule is CCCCCCCCCOC(=O)c1ccc(C(=O)OCCOC)cc1. The largest absolute Gasteiger partial charge is 0.462 e. The van der Waals surface area contributed by atoms with E-state index in [1.54, 1.807) is 31.4 Å². The summed E-state index contributed by atoms with van der Waals surface area (Å²) in [5, 5.41) is 0. The highest BCUT2D eigenvalue weighted by Gasteiger charge is 2.10. The zero-order valence-electron chi connectivity index (χ0n) is 15.4. The Labute approximate surface area is 150 Å². The fourth-order valence-electron chi connectivity index (χ4n) is 2.35. The van der Waals surface area contributed by atoms with Crippen LogP contribution in [-0.2, 0) is 14.2 Å². The number of unbranched alkanes of at least 4 members (excludes halogenated alkanes) is 6. The average Bonchev–Trinajstić information content (AvgIpc) is 2.64. The average molecular weight is 350 g/mol. The van der Waals surface area contributed by atoms with Crippen LogP contribution in [0, 0.1) is 0 Å². The summed E-state index contributed by atoms with van der Waals surface area (Å²) in [6.07, 6.45) is 8.26. The molecule has 25 heavy (non-hydrogen) atoms. The van der Waals surface area contributed by atoms with Crippen LogP contribution in [-0.4, -0.2) is 38.9 Å². The molecular weight excluding hydrogens is 320 g/mol. The lowest BCUT2D eigenvalue weighted by atomic mass is 10.1. The van der Waals surface area contributed by atoms with Crippen molar-refractivity contribution in [3.8, 4) is 0 Å². The van der Waals surface area contributed by atoms with Crippen LogP contribution < -0.4 is 0 Å². The molecule has 140 valence electrons. The van der Waals surface area contributed by atoms with Gasteiger partial charge in [0.05, 0.1) is 24.3 Å². The highest BCUT2D eigenvalue weighted by molar-refractivity contribution is 5.93. The van der Waals surface area contributed by atoms with E-state index in [0.29, 0.717) is 24.3 Å². The van der Waals surface area contributed by atoms with E-state index in [4.69, 9.17) is 14.2 Å². The predicted molar refractivity (Wildman–Crippen MR) is 96.9 cm³/mol. The normalized spacial score (nSPS) is 10.5. The van der Waals surface area contributed by atoms with Gasteiger partial charge in [-0.25, -0.2) is 9.59 Å². The quantitative estimate of drug-likeness (QED) is 0.390. The Morgan fingerprint density at radius 3 is 1.72 bits per heavy atom. The molecule has 0 N–H and O–H groups in total. The minimum Gasteiger partial charge on any atom is -0.462 e. The van der Waals surface area contributed by atoms with Crippen molar-refractivity contribution in [3.05, 3.63) is 35.4 Å². The molecule has 0 amide bonds. The van der Waals surface area contributed by atoms with Crippen LogP contribution in [0.2, 0.25) is 0 Å². The Kier molecular flexibility index (Phi) is 11.4. The number of hydrogen-bond donors (Lipinski definition) is 0. The Hall–Kier alpha value is -1.88. The number of hydrogen-bond acceptors (Lipinski definition) is 5. The second kappa shape index (κ2) is 13.4. The number of methoxy groups -OCH3 is 1. The standard InChI is InChI=1S/C20H30O5/c1-3-4-5-6-7-8-9-14-24-19(21)17-10-12-18(13-11-17)20(22)25-16-15-23-2/h10-13H,3-9,14-16H2,1-2H3. The first-order valence-electron chi connectivity index (χ1n) is 9.12. The first-order chi connectivity index (χ1) is 12.2. The minimum absolute atomic E-state index is 0.206. The second-order valence-electron chi connectivity index (χ2n) is 5.96. The summed E-state index contributed by atoms with van der Waals surface area (Å²) >= 11 is 0. The predicted octanol–water partition coefficient (Wildman–Crippen LogP) is 4.40. The van der Waals surface area contributed by atoms with Crippen LogP contribution in [0.25, 0.3) is 0 Å². The van der Waals surface area contributed by atoms with Gasteiger partial charge in [0.15, 0.2) is 0 Å². The Balaban J connectivity index is 2.24. The second-order valence-corrected chi connectivity index (χ2v) is 5.96. The molecule has 0 bridgehead atoms. The van der Waals surface area contributed by atoms with Crippen molar-refractivity contribution in [1.29, 1.82) is 0 Å². The third-order valence-corrected chi connectivity index (χ3v) is 3.86. The molecule has 0 aromatic heterocycles. The van der Waals surface area contributed by atoms with E-state index in [9.17, 15) is 9.59 Å². The summed E-state index contributed by atoms with van der Waals surface area (Å²) < 4.78 is 15.1. The maximum Gasteiger partial charge on any atom is 0.338 e. The summed E-state index contributed by atoms with van der Waals surface area (Å²) in [5.74, 6) is -0.787. The van der Waals surface area contributed by atoms with Crippen molar-refractivity contribution in [1.82, 2.24) is 0 Å². The number of ether oxygens (including phenoxy) is 3. The van der Waals surface area contributed by atoms with Crippen molar-refractivity contribution in [2.75, 3.05) is 26.9 Å². The minimum atomic E-state index is -0.431. The van der Waals surface area contributed by atoms with Gasteiger partial charge in [0, 0.05) is 7.11 Å². The Morgan fingerprint density at radius 1 is 0.720 bits per heavy atom. The van der Waals surface area contributed by atoms with Gasteiger partial charge < -0.3 is 14.2 Å². The smallest absolute Gasteiger partial charge is 0.338 e. The van der Waals surface area contributed by atoms with Gasteiger partial charge in [-0.15, -0.1) is 0 Å². The van der Waals surface area contributed by atoms with E-state index in [1.165, 1.54) is 32.1 Å². The molecule has 0 atom stereocenters. The van der Waals surface area contributed by atoms with Crippen LogP contribution in [0.1, 0.15) is 72.6 Å². The summed E-state index contributed by atoms with van der Waals surface area (Å²) in [4.78, 5) is 23.7. The molecule has 1 aromatic carbocycles. The van der Waals surface area contributed by atoms with E-state index in [1.807, 2.05) is 0 Å². The molecule has 0 unspecified atom stereocenters. The van der Waals surface area contributed by atoms with Gasteiger partial charge in [0.2, 0.25) is 0 Å². The van der Waals surface area contributed by atoms with Gasteiger partial charge in [-0.1, -0.05) is 45.4 Å². The van der Waals surface area contributed by atoms with Gasteiger partial charge in [-0.2, -0.15) is 0 Å². The molecule has 0 saturated carbocycles. The zero-order valence-corrected chi connectivity index (χ0v) is 15.4. The highest BCUT2D eigenvalue weighted by Crippen LogP contribution is 2.10. The van der Waals surface area contributed by atoms with Crippen LogP contribution in [0.3, 0.4) is 0 Å². The van der Waals surface area contributed by atoms with Crippen molar-refractivity contribution in [2.45, 2.75) is 51.9 Å². The van der Waals surface area contributed by atoms with E-state index in [-0.39, 0.29) is 12.6 Å². The van der Waals surface area contributed by atoms with Crippen LogP contribution in [0.4, 0.5) is 0 Å². The van der Waals surface area contributed by atoms with Gasteiger partial charge >= 0.3 is 11.9 Å². The summed E-state index contributed by atoms with van der Waals surface area (Å²) in [6.45, 7) is 3.20. The van der Waals surface area contributed by atoms with Crippen molar-refractivity contribution >= 4 is 11.9 Å². The van der Waals surface area contributed by atoms with Crippen molar-refractivity contribution < 1.29 is 23.8 Å². The number of carbonyl (C=O) groups excluding carboxylic acids is 2. The molecule has 0 spiro atoms. The summed E-state index contributed by atoms with van der Waals surface area (Å²) in [5.41, 5.74) is 0.844. The third kappa shape index (κ3) is 9.25. The monoisotopic (exact) mass is 350 g/mol. The molecule has 0 saturated heterocycles. The molecular formula is C20H30O5. The molecule has 0 heterocycles. The van der Waals surface area contributed by atoms with E-state index >= 15 is 0 Å². The first-order valence-corrected chi connectivity index (χ1v) is 9.12. The van der Waals surface area contributed by atoms with Crippen molar-refractivity contribution in [2.24, 2.45) is 0 Å². The van der Waals surface area contributed by atoms with Gasteiger partial charge in [-0.05, 0) is 30.7 Å². The lowest BCUT2D eigenvalue weighted by Crippen LogP contribution is -2.11. The van der Waals surface area contributed by atoms with Gasteiger partial charge in [-0.3, -0.25) is 0 Å². The van der Waals surface area contributed by atoms with Gasteiger partial charge in [0.1, 0.15) is 6.61 Å². The molecule has 0 aliphatic heterocycles. The molecule has 5 nitrogen and oxygen atoms in total. The van der Waals surface area contributed by atoms with Crippen LogP contribution in [0.5, 0.6) is 0 Å². The van der Waals surface area contributed by atoms with Gasteiger partial charge in [0.25, 0.3) is 0 Å². The highest BCUT2D eigenvalue weighted by atomic mass is 16.6.